The molecule has 0 N–H and O–H groups in total. The Morgan fingerprint density at radius 1 is 1.38 bits per heavy atom. The topological polar surface area (TPSA) is 47.2 Å². The monoisotopic (exact) mass is 213 g/mol. The molecule has 0 saturated heterocycles. The molecule has 0 saturated carbocycles. The third-order valence-electron chi connectivity index (χ3n) is 2.35. The highest BCUT2D eigenvalue weighted by atomic mass is 16.1. The minimum absolute atomic E-state index is 0.319. The Morgan fingerprint density at radius 2 is 2.12 bits per heavy atom. The van der Waals surface area contributed by atoms with Crippen LogP contribution in [0.5, 0.6) is 0 Å². The second-order valence-corrected chi connectivity index (χ2v) is 3.42. The Labute approximate surface area is 93.2 Å². The first-order valence-electron chi connectivity index (χ1n) is 4.93. The van der Waals surface area contributed by atoms with Gasteiger partial charge in [0.15, 0.2) is 0 Å². The van der Waals surface area contributed by atoms with Crippen LogP contribution in [0.3, 0.4) is 0 Å². The van der Waals surface area contributed by atoms with Crippen molar-refractivity contribution in [2.45, 2.75) is 6.54 Å². The molecule has 0 amide bonds. The summed E-state index contributed by atoms with van der Waals surface area (Å²) in [6.07, 6.45) is 1.53. The largest absolute Gasteiger partial charge is 0.270 e. The summed E-state index contributed by atoms with van der Waals surface area (Å²) in [7, 11) is 1.84. The summed E-state index contributed by atoms with van der Waals surface area (Å²) in [5.74, 6) is 0. The second-order valence-electron chi connectivity index (χ2n) is 3.42. The standard InChI is InChI=1S/C12H11N3O/c1-15-11(8-13-9-16)7-12(14-15)10-5-3-2-4-6-10/h2-7H,8H2,1H3. The molecule has 0 aliphatic heterocycles. The average molecular weight is 213 g/mol. The molecule has 80 valence electrons. The first-order valence-corrected chi connectivity index (χ1v) is 4.93. The maximum atomic E-state index is 10.0. The zero-order valence-electron chi connectivity index (χ0n) is 8.92. The molecule has 0 bridgehead atoms. The van der Waals surface area contributed by atoms with Crippen LogP contribution in [0.15, 0.2) is 41.4 Å². The highest BCUT2D eigenvalue weighted by molar-refractivity contribution is 5.59. The second kappa shape index (κ2) is 4.55. The van der Waals surface area contributed by atoms with E-state index in [4.69, 9.17) is 0 Å². The minimum atomic E-state index is 0.319. The van der Waals surface area contributed by atoms with E-state index in [2.05, 4.69) is 10.1 Å². The number of hydrogen-bond donors (Lipinski definition) is 0. The molecule has 2 aromatic rings. The fourth-order valence-corrected chi connectivity index (χ4v) is 1.52. The fourth-order valence-electron chi connectivity index (χ4n) is 1.52. The molecule has 4 nitrogen and oxygen atoms in total. The molecular weight excluding hydrogens is 202 g/mol. The zero-order valence-corrected chi connectivity index (χ0v) is 8.92. The van der Waals surface area contributed by atoms with Gasteiger partial charge >= 0.3 is 0 Å². The van der Waals surface area contributed by atoms with Crippen LogP contribution in [-0.4, -0.2) is 15.9 Å². The van der Waals surface area contributed by atoms with Gasteiger partial charge in [0.2, 0.25) is 6.08 Å². The van der Waals surface area contributed by atoms with Gasteiger partial charge in [-0.3, -0.25) is 4.68 Å². The molecule has 4 heteroatoms. The summed E-state index contributed by atoms with van der Waals surface area (Å²) in [5, 5.41) is 4.36. The van der Waals surface area contributed by atoms with Crippen LogP contribution in [0.1, 0.15) is 5.69 Å². The van der Waals surface area contributed by atoms with Crippen molar-refractivity contribution < 1.29 is 4.79 Å². The summed E-state index contributed by atoms with van der Waals surface area (Å²) in [4.78, 5) is 13.6. The van der Waals surface area contributed by atoms with Gasteiger partial charge in [-0.2, -0.15) is 10.1 Å². The molecule has 0 unspecified atom stereocenters. The molecule has 1 aromatic carbocycles. The highest BCUT2D eigenvalue weighted by Crippen LogP contribution is 2.18. The molecule has 1 heterocycles. The van der Waals surface area contributed by atoms with Gasteiger partial charge in [-0.1, -0.05) is 30.3 Å². The lowest BCUT2D eigenvalue weighted by Gasteiger charge is -1.94. The van der Waals surface area contributed by atoms with Gasteiger partial charge in [-0.05, 0) is 6.07 Å². The number of carbonyl (C=O) groups excluding carboxylic acids is 1. The average Bonchev–Trinajstić information content (AvgIpc) is 2.69. The van der Waals surface area contributed by atoms with Crippen molar-refractivity contribution in [3.63, 3.8) is 0 Å². The Hall–Kier alpha value is -2.19. The molecular formula is C12H11N3O. The van der Waals surface area contributed by atoms with Crippen LogP contribution >= 0.6 is 0 Å². The lowest BCUT2D eigenvalue weighted by molar-refractivity contribution is 0.562. The van der Waals surface area contributed by atoms with E-state index in [1.165, 1.54) is 6.08 Å². The molecule has 0 spiro atoms. The molecule has 0 fully saturated rings. The minimum Gasteiger partial charge on any atom is -0.270 e. The molecule has 0 atom stereocenters. The summed E-state index contributed by atoms with van der Waals surface area (Å²) in [6.45, 7) is 0.319. The van der Waals surface area contributed by atoms with Crippen molar-refractivity contribution in [1.82, 2.24) is 9.78 Å². The fraction of sp³-hybridized carbons (Fsp3) is 0.167. The number of hydrogen-bond acceptors (Lipinski definition) is 3. The quantitative estimate of drug-likeness (QED) is 0.577. The van der Waals surface area contributed by atoms with E-state index in [0.29, 0.717) is 6.54 Å². The number of rotatable bonds is 3. The van der Waals surface area contributed by atoms with Crippen molar-refractivity contribution in [3.05, 3.63) is 42.1 Å². The van der Waals surface area contributed by atoms with Crippen molar-refractivity contribution in [3.8, 4) is 11.3 Å². The Balaban J connectivity index is 2.34. The van der Waals surface area contributed by atoms with Crippen LogP contribution in [0.25, 0.3) is 11.3 Å². The van der Waals surface area contributed by atoms with E-state index in [0.717, 1.165) is 17.0 Å². The van der Waals surface area contributed by atoms with Gasteiger partial charge in [-0.25, -0.2) is 4.79 Å². The number of nitrogens with zero attached hydrogens (tertiary/aromatic N) is 3. The van der Waals surface area contributed by atoms with Gasteiger partial charge in [0.1, 0.15) is 0 Å². The van der Waals surface area contributed by atoms with Crippen molar-refractivity contribution >= 4 is 6.08 Å². The molecule has 1 aromatic heterocycles. The van der Waals surface area contributed by atoms with Crippen molar-refractivity contribution in [2.75, 3.05) is 0 Å². The van der Waals surface area contributed by atoms with Gasteiger partial charge < -0.3 is 0 Å². The van der Waals surface area contributed by atoms with Gasteiger partial charge in [0, 0.05) is 12.6 Å². The third-order valence-corrected chi connectivity index (χ3v) is 2.35. The molecule has 0 aliphatic carbocycles. The molecule has 2 rings (SSSR count). The van der Waals surface area contributed by atoms with Crippen LogP contribution in [0, 0.1) is 0 Å². The van der Waals surface area contributed by atoms with Crippen LogP contribution < -0.4 is 0 Å². The lowest BCUT2D eigenvalue weighted by Crippen LogP contribution is -1.96. The summed E-state index contributed by atoms with van der Waals surface area (Å²) in [5.41, 5.74) is 2.83. The first kappa shape index (κ1) is 10.3. The van der Waals surface area contributed by atoms with E-state index in [1.54, 1.807) is 4.68 Å². The third kappa shape index (κ3) is 2.07. The van der Waals surface area contributed by atoms with Gasteiger partial charge in [-0.15, -0.1) is 0 Å². The van der Waals surface area contributed by atoms with E-state index in [-0.39, 0.29) is 0 Å². The smallest absolute Gasteiger partial charge is 0.235 e. The van der Waals surface area contributed by atoms with Crippen LogP contribution in [-0.2, 0) is 18.4 Å². The van der Waals surface area contributed by atoms with E-state index >= 15 is 0 Å². The normalized spacial score (nSPS) is 9.81. The van der Waals surface area contributed by atoms with Crippen molar-refractivity contribution in [2.24, 2.45) is 12.0 Å². The van der Waals surface area contributed by atoms with E-state index in [1.807, 2.05) is 43.4 Å². The Kier molecular flexibility index (Phi) is 2.94. The number of aliphatic imine (C=N–C) groups is 1. The SMILES string of the molecule is Cn1nc(-c2ccccc2)cc1CN=C=O. The molecule has 16 heavy (non-hydrogen) atoms. The highest BCUT2D eigenvalue weighted by Gasteiger charge is 2.05. The number of isocyanates is 1. The number of aryl methyl sites for hydroxylation is 1. The number of aromatic nitrogens is 2. The predicted molar refractivity (Wildman–Crippen MR) is 60.5 cm³/mol. The maximum absolute atomic E-state index is 10.0. The van der Waals surface area contributed by atoms with Gasteiger partial charge in [0.05, 0.1) is 17.9 Å². The summed E-state index contributed by atoms with van der Waals surface area (Å²) >= 11 is 0. The Morgan fingerprint density at radius 3 is 2.81 bits per heavy atom. The van der Waals surface area contributed by atoms with Crippen LogP contribution in [0.2, 0.25) is 0 Å². The molecule has 0 radical (unpaired) electrons. The molecule has 0 aliphatic rings. The van der Waals surface area contributed by atoms with E-state index in [9.17, 15) is 4.79 Å². The van der Waals surface area contributed by atoms with Crippen LogP contribution in [0.4, 0.5) is 0 Å². The first-order chi connectivity index (χ1) is 7.81. The van der Waals surface area contributed by atoms with Crippen molar-refractivity contribution in [1.29, 1.82) is 0 Å². The van der Waals surface area contributed by atoms with Gasteiger partial charge in [0.25, 0.3) is 0 Å². The summed E-state index contributed by atoms with van der Waals surface area (Å²) < 4.78 is 1.73. The summed E-state index contributed by atoms with van der Waals surface area (Å²) in [6, 6.07) is 11.8. The zero-order chi connectivity index (χ0) is 11.4. The lowest BCUT2D eigenvalue weighted by atomic mass is 10.1. The Bertz CT molecular complexity index is 524. The van der Waals surface area contributed by atoms with E-state index < -0.39 is 0 Å². The number of benzene rings is 1. The maximum Gasteiger partial charge on any atom is 0.235 e. The predicted octanol–water partition coefficient (Wildman–Crippen LogP) is 1.92.